The maximum atomic E-state index is 5.54. The summed E-state index contributed by atoms with van der Waals surface area (Å²) in [5.74, 6) is 0.680. The van der Waals surface area contributed by atoms with Gasteiger partial charge in [-0.3, -0.25) is 0 Å². The molecule has 5 heteroatoms. The van der Waals surface area contributed by atoms with Crippen molar-refractivity contribution in [2.24, 2.45) is 0 Å². The zero-order chi connectivity index (χ0) is 13.4. The molecule has 0 N–H and O–H groups in total. The molecule has 0 bridgehead atoms. The fourth-order valence-electron chi connectivity index (χ4n) is 2.20. The first-order chi connectivity index (χ1) is 9.90. The summed E-state index contributed by atoms with van der Waals surface area (Å²) in [6.45, 7) is 0.662. The Kier molecular flexibility index (Phi) is 2.63. The second-order valence-corrected chi connectivity index (χ2v) is 5.43. The van der Waals surface area contributed by atoms with Crippen molar-refractivity contribution in [3.63, 3.8) is 0 Å². The van der Waals surface area contributed by atoms with Crippen molar-refractivity contribution < 1.29 is 4.42 Å². The molecule has 0 saturated carbocycles. The minimum atomic E-state index is 0.662. The molecule has 0 aliphatic rings. The molecule has 0 saturated heterocycles. The molecular formula is C15H11N3OS. The van der Waals surface area contributed by atoms with Crippen LogP contribution < -0.4 is 0 Å². The largest absolute Gasteiger partial charge is 0.443 e. The Morgan fingerprint density at radius 1 is 1.15 bits per heavy atom. The fraction of sp³-hybridized carbons (Fsp3) is 0.0667. The van der Waals surface area contributed by atoms with E-state index in [2.05, 4.69) is 20.6 Å². The first-order valence-corrected chi connectivity index (χ1v) is 7.16. The van der Waals surface area contributed by atoms with E-state index in [1.807, 2.05) is 42.0 Å². The van der Waals surface area contributed by atoms with Crippen LogP contribution in [0.2, 0.25) is 0 Å². The predicted octanol–water partition coefficient (Wildman–Crippen LogP) is 3.80. The zero-order valence-corrected chi connectivity index (χ0v) is 11.4. The van der Waals surface area contributed by atoms with Crippen LogP contribution in [0.5, 0.6) is 0 Å². The first-order valence-electron chi connectivity index (χ1n) is 6.28. The van der Waals surface area contributed by atoms with Gasteiger partial charge in [-0.1, -0.05) is 18.2 Å². The molecule has 4 rings (SSSR count). The highest BCUT2D eigenvalue weighted by Gasteiger charge is 2.09. The Morgan fingerprint density at radius 2 is 2.10 bits per heavy atom. The second-order valence-electron chi connectivity index (χ2n) is 4.48. The van der Waals surface area contributed by atoms with Crippen molar-refractivity contribution >= 4 is 22.4 Å². The molecule has 4 nitrogen and oxygen atoms in total. The van der Waals surface area contributed by atoms with Gasteiger partial charge in [0.15, 0.2) is 0 Å². The Labute approximate surface area is 119 Å². The summed E-state index contributed by atoms with van der Waals surface area (Å²) in [6, 6.07) is 12.1. The van der Waals surface area contributed by atoms with E-state index in [-0.39, 0.29) is 0 Å². The molecule has 0 radical (unpaired) electrons. The van der Waals surface area contributed by atoms with Crippen molar-refractivity contribution in [1.82, 2.24) is 14.5 Å². The van der Waals surface area contributed by atoms with Crippen LogP contribution in [-0.2, 0) is 6.54 Å². The SMILES string of the molecule is c1csc(-c2nc(Cn3cnc4ccccc43)co2)c1. The van der Waals surface area contributed by atoms with Crippen molar-refractivity contribution in [3.8, 4) is 10.8 Å². The van der Waals surface area contributed by atoms with Gasteiger partial charge in [-0.2, -0.15) is 0 Å². The molecule has 3 heterocycles. The van der Waals surface area contributed by atoms with Gasteiger partial charge in [0.2, 0.25) is 5.89 Å². The molecule has 20 heavy (non-hydrogen) atoms. The molecule has 0 aliphatic heterocycles. The molecule has 0 atom stereocenters. The molecule has 98 valence electrons. The summed E-state index contributed by atoms with van der Waals surface area (Å²) in [5, 5.41) is 2.02. The van der Waals surface area contributed by atoms with Crippen LogP contribution in [0.3, 0.4) is 0 Å². The minimum absolute atomic E-state index is 0.662. The third-order valence-electron chi connectivity index (χ3n) is 3.14. The molecular weight excluding hydrogens is 270 g/mol. The lowest BCUT2D eigenvalue weighted by Crippen LogP contribution is -1.97. The lowest BCUT2D eigenvalue weighted by molar-refractivity contribution is 0.573. The van der Waals surface area contributed by atoms with Gasteiger partial charge in [0, 0.05) is 0 Å². The molecule has 0 aliphatic carbocycles. The van der Waals surface area contributed by atoms with Crippen molar-refractivity contribution in [3.05, 3.63) is 60.1 Å². The zero-order valence-electron chi connectivity index (χ0n) is 10.6. The van der Waals surface area contributed by atoms with Gasteiger partial charge in [-0.25, -0.2) is 9.97 Å². The lowest BCUT2D eigenvalue weighted by Gasteiger charge is -1.99. The van der Waals surface area contributed by atoms with Crippen LogP contribution >= 0.6 is 11.3 Å². The van der Waals surface area contributed by atoms with Crippen LogP contribution in [0.15, 0.2) is 58.8 Å². The van der Waals surface area contributed by atoms with E-state index < -0.39 is 0 Å². The van der Waals surface area contributed by atoms with Crippen LogP contribution in [0.4, 0.5) is 0 Å². The molecule has 4 aromatic rings. The van der Waals surface area contributed by atoms with Gasteiger partial charge < -0.3 is 8.98 Å². The van der Waals surface area contributed by atoms with Crippen molar-refractivity contribution in [2.45, 2.75) is 6.54 Å². The quantitative estimate of drug-likeness (QED) is 0.573. The Morgan fingerprint density at radius 3 is 3.00 bits per heavy atom. The Bertz CT molecular complexity index is 845. The van der Waals surface area contributed by atoms with E-state index in [1.54, 1.807) is 17.6 Å². The minimum Gasteiger partial charge on any atom is -0.443 e. The molecule has 0 amide bonds. The number of hydrogen-bond acceptors (Lipinski definition) is 4. The van der Waals surface area contributed by atoms with Crippen molar-refractivity contribution in [1.29, 1.82) is 0 Å². The third-order valence-corrected chi connectivity index (χ3v) is 4.00. The van der Waals surface area contributed by atoms with E-state index in [4.69, 9.17) is 4.42 Å². The van der Waals surface area contributed by atoms with E-state index in [0.717, 1.165) is 21.6 Å². The van der Waals surface area contributed by atoms with Crippen LogP contribution in [-0.4, -0.2) is 14.5 Å². The number of para-hydroxylation sites is 2. The van der Waals surface area contributed by atoms with E-state index in [9.17, 15) is 0 Å². The van der Waals surface area contributed by atoms with Crippen LogP contribution in [0.25, 0.3) is 21.8 Å². The smallest absolute Gasteiger partial charge is 0.236 e. The number of rotatable bonds is 3. The average molecular weight is 281 g/mol. The maximum absolute atomic E-state index is 5.54. The third kappa shape index (κ3) is 1.92. The average Bonchev–Trinajstić information content (AvgIpc) is 3.19. The highest BCUT2D eigenvalue weighted by molar-refractivity contribution is 7.13. The van der Waals surface area contributed by atoms with Gasteiger partial charge in [-0.05, 0) is 23.6 Å². The Hall–Kier alpha value is -2.40. The number of fused-ring (bicyclic) bond motifs is 1. The molecule has 0 unspecified atom stereocenters. The number of nitrogens with zero attached hydrogens (tertiary/aromatic N) is 3. The number of thiophene rings is 1. The molecule has 0 spiro atoms. The van der Waals surface area contributed by atoms with Crippen LogP contribution in [0, 0.1) is 0 Å². The summed E-state index contributed by atoms with van der Waals surface area (Å²) in [4.78, 5) is 9.96. The van der Waals surface area contributed by atoms with Gasteiger partial charge in [0.25, 0.3) is 0 Å². The van der Waals surface area contributed by atoms with Gasteiger partial charge in [-0.15, -0.1) is 11.3 Å². The monoisotopic (exact) mass is 281 g/mol. The van der Waals surface area contributed by atoms with E-state index in [0.29, 0.717) is 12.4 Å². The normalized spacial score (nSPS) is 11.2. The topological polar surface area (TPSA) is 43.9 Å². The summed E-state index contributed by atoms with van der Waals surface area (Å²) < 4.78 is 7.61. The summed E-state index contributed by atoms with van der Waals surface area (Å²) >= 11 is 1.62. The highest BCUT2D eigenvalue weighted by atomic mass is 32.1. The van der Waals surface area contributed by atoms with Crippen LogP contribution in [0.1, 0.15) is 5.69 Å². The van der Waals surface area contributed by atoms with Gasteiger partial charge in [0.1, 0.15) is 6.26 Å². The molecule has 1 aromatic carbocycles. The standard InChI is InChI=1S/C15H11N3OS/c1-2-5-13-12(4-1)16-10-18(13)8-11-9-19-15(17-11)14-6-3-7-20-14/h1-7,9-10H,8H2. The number of aromatic nitrogens is 3. The number of benzene rings is 1. The molecule has 3 aromatic heterocycles. The maximum Gasteiger partial charge on any atom is 0.236 e. The summed E-state index contributed by atoms with van der Waals surface area (Å²) in [7, 11) is 0. The van der Waals surface area contributed by atoms with E-state index >= 15 is 0 Å². The highest BCUT2D eigenvalue weighted by Crippen LogP contribution is 2.24. The summed E-state index contributed by atoms with van der Waals surface area (Å²) in [5.41, 5.74) is 3.00. The second kappa shape index (κ2) is 4.61. The number of imidazole rings is 1. The number of hydrogen-bond donors (Lipinski definition) is 0. The first kappa shape index (κ1) is 11.4. The predicted molar refractivity (Wildman–Crippen MR) is 78.7 cm³/mol. The molecule has 0 fully saturated rings. The van der Waals surface area contributed by atoms with Gasteiger partial charge in [0.05, 0.1) is 34.5 Å². The lowest BCUT2D eigenvalue weighted by atomic mass is 10.3. The fourth-order valence-corrected chi connectivity index (χ4v) is 2.86. The van der Waals surface area contributed by atoms with E-state index in [1.165, 1.54) is 0 Å². The van der Waals surface area contributed by atoms with Gasteiger partial charge >= 0.3 is 0 Å². The van der Waals surface area contributed by atoms with Crippen molar-refractivity contribution in [2.75, 3.05) is 0 Å². The Balaban J connectivity index is 1.66. The number of oxazole rings is 1. The summed E-state index contributed by atoms with van der Waals surface area (Å²) in [6.07, 6.45) is 3.55.